The smallest absolute Gasteiger partial charge is 0.183 e. The second-order valence-corrected chi connectivity index (χ2v) is 4.72. The van der Waals surface area contributed by atoms with E-state index in [0.29, 0.717) is 5.92 Å². The van der Waals surface area contributed by atoms with Crippen LogP contribution in [0.3, 0.4) is 0 Å². The van der Waals surface area contributed by atoms with Crippen molar-refractivity contribution in [3.63, 3.8) is 0 Å². The standard InChI is InChI=1S/C14H17ClO2/c1-2-3-4-11-9-16-14(17-10-11)12-5-7-13(15)8-6-12/h2,5-8,11,14H,1,3-4,9-10H2/t11-,14-. The summed E-state index contributed by atoms with van der Waals surface area (Å²) >= 11 is 5.84. The molecule has 92 valence electrons. The highest BCUT2D eigenvalue weighted by molar-refractivity contribution is 6.30. The van der Waals surface area contributed by atoms with Crippen LogP contribution in [0.1, 0.15) is 24.7 Å². The monoisotopic (exact) mass is 252 g/mol. The van der Waals surface area contributed by atoms with Gasteiger partial charge in [-0.2, -0.15) is 0 Å². The Kier molecular flexibility index (Phi) is 4.60. The van der Waals surface area contributed by atoms with Crippen LogP contribution < -0.4 is 0 Å². The third kappa shape index (κ3) is 3.56. The molecule has 0 spiro atoms. The molecule has 0 amide bonds. The first-order chi connectivity index (χ1) is 8.29. The summed E-state index contributed by atoms with van der Waals surface area (Å²) < 4.78 is 11.4. The highest BCUT2D eigenvalue weighted by Crippen LogP contribution is 2.27. The third-order valence-corrected chi connectivity index (χ3v) is 3.14. The molecule has 1 saturated heterocycles. The summed E-state index contributed by atoms with van der Waals surface area (Å²) in [6.45, 7) is 5.22. The van der Waals surface area contributed by atoms with Crippen molar-refractivity contribution in [1.29, 1.82) is 0 Å². The highest BCUT2D eigenvalue weighted by atomic mass is 35.5. The Hall–Kier alpha value is -0.830. The number of hydrogen-bond acceptors (Lipinski definition) is 2. The Bertz CT molecular complexity index is 353. The lowest BCUT2D eigenvalue weighted by Gasteiger charge is -2.29. The van der Waals surface area contributed by atoms with E-state index in [-0.39, 0.29) is 6.29 Å². The fourth-order valence-electron chi connectivity index (χ4n) is 1.88. The maximum Gasteiger partial charge on any atom is 0.183 e. The predicted octanol–water partition coefficient (Wildman–Crippen LogP) is 3.97. The van der Waals surface area contributed by atoms with Gasteiger partial charge >= 0.3 is 0 Å². The molecule has 1 aliphatic heterocycles. The molecule has 2 nitrogen and oxygen atoms in total. The summed E-state index contributed by atoms with van der Waals surface area (Å²) in [7, 11) is 0. The zero-order chi connectivity index (χ0) is 12.1. The van der Waals surface area contributed by atoms with Gasteiger partial charge in [0.05, 0.1) is 13.2 Å². The van der Waals surface area contributed by atoms with Crippen LogP contribution in [0.15, 0.2) is 36.9 Å². The number of halogens is 1. The quantitative estimate of drug-likeness (QED) is 0.755. The lowest BCUT2D eigenvalue weighted by molar-refractivity contribution is -0.205. The zero-order valence-corrected chi connectivity index (χ0v) is 10.5. The number of rotatable bonds is 4. The second kappa shape index (κ2) is 6.20. The number of ether oxygens (including phenoxy) is 2. The predicted molar refractivity (Wildman–Crippen MR) is 69.0 cm³/mol. The molecule has 0 bridgehead atoms. The van der Waals surface area contributed by atoms with Crippen molar-refractivity contribution in [1.82, 2.24) is 0 Å². The van der Waals surface area contributed by atoms with Crippen molar-refractivity contribution in [3.8, 4) is 0 Å². The van der Waals surface area contributed by atoms with E-state index in [2.05, 4.69) is 6.58 Å². The Morgan fingerprint density at radius 1 is 1.24 bits per heavy atom. The molecule has 0 N–H and O–H groups in total. The normalized spacial score (nSPS) is 24.5. The molecule has 17 heavy (non-hydrogen) atoms. The van der Waals surface area contributed by atoms with Crippen molar-refractivity contribution >= 4 is 11.6 Å². The van der Waals surface area contributed by atoms with Crippen LogP contribution in [0.5, 0.6) is 0 Å². The minimum atomic E-state index is -0.243. The molecule has 0 unspecified atom stereocenters. The Labute approximate surface area is 107 Å². The van der Waals surface area contributed by atoms with Crippen molar-refractivity contribution in [2.45, 2.75) is 19.1 Å². The molecule has 1 heterocycles. The van der Waals surface area contributed by atoms with E-state index in [9.17, 15) is 0 Å². The molecule has 1 aliphatic rings. The second-order valence-electron chi connectivity index (χ2n) is 4.28. The summed E-state index contributed by atoms with van der Waals surface area (Å²) in [4.78, 5) is 0. The Balaban J connectivity index is 1.86. The van der Waals surface area contributed by atoms with Crippen LogP contribution in [0.2, 0.25) is 5.02 Å². The molecule has 0 radical (unpaired) electrons. The van der Waals surface area contributed by atoms with Crippen LogP contribution >= 0.6 is 11.6 Å². The van der Waals surface area contributed by atoms with Crippen LogP contribution in [0, 0.1) is 5.92 Å². The molecule has 0 aromatic heterocycles. The van der Waals surface area contributed by atoms with Gasteiger partial charge in [-0.3, -0.25) is 0 Å². The lowest BCUT2D eigenvalue weighted by Crippen LogP contribution is -2.26. The first-order valence-electron chi connectivity index (χ1n) is 5.89. The molecule has 1 fully saturated rings. The van der Waals surface area contributed by atoms with Gasteiger partial charge in [0, 0.05) is 16.5 Å². The van der Waals surface area contributed by atoms with Crippen molar-refractivity contribution in [2.24, 2.45) is 5.92 Å². The van der Waals surface area contributed by atoms with Crippen molar-refractivity contribution in [2.75, 3.05) is 13.2 Å². The fourth-order valence-corrected chi connectivity index (χ4v) is 2.00. The topological polar surface area (TPSA) is 18.5 Å². The van der Waals surface area contributed by atoms with Gasteiger partial charge in [-0.05, 0) is 25.0 Å². The zero-order valence-electron chi connectivity index (χ0n) is 9.77. The summed E-state index contributed by atoms with van der Waals surface area (Å²) in [5.74, 6) is 0.483. The molecule has 2 rings (SSSR count). The Morgan fingerprint density at radius 2 is 1.88 bits per heavy atom. The van der Waals surface area contributed by atoms with E-state index in [1.54, 1.807) is 0 Å². The van der Waals surface area contributed by atoms with Crippen LogP contribution in [0.25, 0.3) is 0 Å². The van der Waals surface area contributed by atoms with E-state index < -0.39 is 0 Å². The summed E-state index contributed by atoms with van der Waals surface area (Å²) in [5, 5.41) is 0.730. The highest BCUT2D eigenvalue weighted by Gasteiger charge is 2.22. The number of hydrogen-bond donors (Lipinski definition) is 0. The summed E-state index contributed by atoms with van der Waals surface area (Å²) in [6.07, 6.45) is 3.79. The van der Waals surface area contributed by atoms with E-state index >= 15 is 0 Å². The largest absolute Gasteiger partial charge is 0.348 e. The molecule has 1 aromatic carbocycles. The average molecular weight is 253 g/mol. The van der Waals surface area contributed by atoms with Gasteiger partial charge in [-0.25, -0.2) is 0 Å². The fraction of sp³-hybridized carbons (Fsp3) is 0.429. The number of allylic oxidation sites excluding steroid dienone is 1. The molecular weight excluding hydrogens is 236 g/mol. The van der Waals surface area contributed by atoms with Gasteiger partial charge < -0.3 is 9.47 Å². The first kappa shape index (κ1) is 12.6. The van der Waals surface area contributed by atoms with Crippen LogP contribution in [-0.4, -0.2) is 13.2 Å². The minimum Gasteiger partial charge on any atom is -0.348 e. The summed E-state index contributed by atoms with van der Waals surface area (Å²) in [6, 6.07) is 7.59. The molecule has 0 aliphatic carbocycles. The van der Waals surface area contributed by atoms with Gasteiger partial charge in [-0.1, -0.05) is 29.8 Å². The SMILES string of the molecule is C=CCC[C@H]1CO[C@H](c2ccc(Cl)cc2)OC1. The van der Waals surface area contributed by atoms with Gasteiger partial charge in [0.25, 0.3) is 0 Å². The maximum atomic E-state index is 5.84. The Morgan fingerprint density at radius 3 is 2.47 bits per heavy atom. The molecule has 3 heteroatoms. The van der Waals surface area contributed by atoms with Crippen LogP contribution in [-0.2, 0) is 9.47 Å². The number of benzene rings is 1. The summed E-state index contributed by atoms with van der Waals surface area (Å²) in [5.41, 5.74) is 1.02. The van der Waals surface area contributed by atoms with E-state index in [1.807, 2.05) is 30.3 Å². The third-order valence-electron chi connectivity index (χ3n) is 2.89. The maximum absolute atomic E-state index is 5.84. The van der Waals surface area contributed by atoms with Crippen molar-refractivity contribution in [3.05, 3.63) is 47.5 Å². The lowest BCUT2D eigenvalue weighted by atomic mass is 10.0. The van der Waals surface area contributed by atoms with Gasteiger partial charge in [-0.15, -0.1) is 6.58 Å². The van der Waals surface area contributed by atoms with E-state index in [1.165, 1.54) is 0 Å². The van der Waals surface area contributed by atoms with Crippen LogP contribution in [0.4, 0.5) is 0 Å². The minimum absolute atomic E-state index is 0.243. The van der Waals surface area contributed by atoms with Crippen molar-refractivity contribution < 1.29 is 9.47 Å². The molecular formula is C14H17ClO2. The molecule has 0 saturated carbocycles. The van der Waals surface area contributed by atoms with E-state index in [0.717, 1.165) is 36.6 Å². The molecule has 1 aromatic rings. The molecule has 0 atom stereocenters. The van der Waals surface area contributed by atoms with E-state index in [4.69, 9.17) is 21.1 Å². The van der Waals surface area contributed by atoms with Gasteiger partial charge in [0.2, 0.25) is 0 Å². The first-order valence-corrected chi connectivity index (χ1v) is 6.27. The average Bonchev–Trinajstić information content (AvgIpc) is 2.38. The van der Waals surface area contributed by atoms with Gasteiger partial charge in [0.1, 0.15) is 0 Å². The van der Waals surface area contributed by atoms with Gasteiger partial charge in [0.15, 0.2) is 6.29 Å².